The molecule has 2 aliphatic rings. The Bertz CT molecular complexity index is 1050. The van der Waals surface area contributed by atoms with Crippen molar-refractivity contribution in [1.82, 2.24) is 10.2 Å². The number of piperidine rings is 1. The van der Waals surface area contributed by atoms with Gasteiger partial charge in [0.1, 0.15) is 0 Å². The van der Waals surface area contributed by atoms with Gasteiger partial charge in [-0.15, -0.1) is 0 Å². The highest BCUT2D eigenvalue weighted by atomic mass is 79.9. The van der Waals surface area contributed by atoms with E-state index in [9.17, 15) is 14.7 Å². The summed E-state index contributed by atoms with van der Waals surface area (Å²) in [4.78, 5) is 30.2. The van der Waals surface area contributed by atoms with Crippen molar-refractivity contribution in [3.8, 4) is 0 Å². The highest BCUT2D eigenvalue weighted by Crippen LogP contribution is 2.41. The predicted molar refractivity (Wildman–Crippen MR) is 133 cm³/mol. The summed E-state index contributed by atoms with van der Waals surface area (Å²) >= 11 is 3.43. The van der Waals surface area contributed by atoms with E-state index >= 15 is 0 Å². The minimum Gasteiger partial charge on any atom is -0.359 e. The van der Waals surface area contributed by atoms with Crippen LogP contribution in [0.3, 0.4) is 0 Å². The first-order valence-electron chi connectivity index (χ1n) is 11.5. The Morgan fingerprint density at radius 1 is 1.12 bits per heavy atom. The first-order valence-corrected chi connectivity index (χ1v) is 12.3. The fourth-order valence-electron chi connectivity index (χ4n) is 4.56. The lowest BCUT2D eigenvalue weighted by Crippen LogP contribution is -2.62. The number of halogens is 1. The zero-order chi connectivity index (χ0) is 23.6. The summed E-state index contributed by atoms with van der Waals surface area (Å²) < 4.78 is 0.703. The number of carbonyl (C=O) groups excluding carboxylic acids is 2. The zero-order valence-electron chi connectivity index (χ0n) is 19.2. The molecule has 0 radical (unpaired) electrons. The number of hydrogen-bond donors (Lipinski definition) is 3. The van der Waals surface area contributed by atoms with Crippen molar-refractivity contribution in [2.45, 2.75) is 45.3 Å². The van der Waals surface area contributed by atoms with E-state index < -0.39 is 17.7 Å². The van der Waals surface area contributed by atoms with Crippen molar-refractivity contribution < 1.29 is 14.7 Å². The second-order valence-corrected chi connectivity index (χ2v) is 9.82. The van der Waals surface area contributed by atoms with Crippen molar-refractivity contribution in [3.05, 3.63) is 57.6 Å². The highest BCUT2D eigenvalue weighted by Gasteiger charge is 2.52. The molecule has 1 saturated heterocycles. The Kier molecular flexibility index (Phi) is 7.07. The number of rotatable bonds is 6. The average molecular weight is 515 g/mol. The van der Waals surface area contributed by atoms with Crippen molar-refractivity contribution in [1.29, 1.82) is 0 Å². The van der Waals surface area contributed by atoms with Gasteiger partial charge < -0.3 is 20.6 Å². The molecule has 4 rings (SSSR count). The van der Waals surface area contributed by atoms with E-state index in [-0.39, 0.29) is 0 Å². The van der Waals surface area contributed by atoms with Crippen molar-refractivity contribution in [2.75, 3.05) is 36.4 Å². The van der Waals surface area contributed by atoms with Gasteiger partial charge in [-0.3, -0.25) is 9.69 Å². The summed E-state index contributed by atoms with van der Waals surface area (Å²) in [7, 11) is 0. The normalized spacial score (nSPS) is 20.8. The SMILES string of the molecule is Cc1ccc(N2C(=O)Nc3ccc(Br)cc3C2(O)C(=O)NCCCN2CCCCC2)cc1C. The summed E-state index contributed by atoms with van der Waals surface area (Å²) in [5, 5.41) is 17.6. The molecule has 0 aromatic heterocycles. The summed E-state index contributed by atoms with van der Waals surface area (Å²) in [6, 6.07) is 10.0. The lowest BCUT2D eigenvalue weighted by atomic mass is 9.94. The van der Waals surface area contributed by atoms with Crippen LogP contribution in [0, 0.1) is 13.8 Å². The number of benzene rings is 2. The molecule has 1 unspecified atom stereocenters. The van der Waals surface area contributed by atoms with Crippen molar-refractivity contribution in [3.63, 3.8) is 0 Å². The molecule has 8 heteroatoms. The number of nitrogens with one attached hydrogen (secondary N) is 2. The fourth-order valence-corrected chi connectivity index (χ4v) is 4.92. The maximum Gasteiger partial charge on any atom is 0.329 e. The van der Waals surface area contributed by atoms with Crippen LogP contribution in [-0.4, -0.2) is 48.1 Å². The highest BCUT2D eigenvalue weighted by molar-refractivity contribution is 9.10. The van der Waals surface area contributed by atoms with Crippen molar-refractivity contribution >= 4 is 39.2 Å². The van der Waals surface area contributed by atoms with Crippen LogP contribution in [0.5, 0.6) is 0 Å². The number of carbonyl (C=O) groups is 2. The number of fused-ring (bicyclic) bond motifs is 1. The Morgan fingerprint density at radius 2 is 1.88 bits per heavy atom. The van der Waals surface area contributed by atoms with Gasteiger partial charge in [0.2, 0.25) is 0 Å². The van der Waals surface area contributed by atoms with E-state index in [4.69, 9.17) is 0 Å². The molecule has 2 aromatic carbocycles. The molecular formula is C25H31BrN4O3. The first kappa shape index (κ1) is 23.7. The maximum absolute atomic E-state index is 13.5. The minimum absolute atomic E-state index is 0.322. The van der Waals surface area contributed by atoms with Gasteiger partial charge >= 0.3 is 6.03 Å². The summed E-state index contributed by atoms with van der Waals surface area (Å²) in [6.07, 6.45) is 4.50. The third-order valence-electron chi connectivity index (χ3n) is 6.58. The van der Waals surface area contributed by atoms with Crippen LogP contribution in [0.1, 0.15) is 42.4 Å². The molecule has 0 aliphatic carbocycles. The largest absolute Gasteiger partial charge is 0.359 e. The number of nitrogens with zero attached hydrogens (tertiary/aromatic N) is 2. The van der Waals surface area contributed by atoms with Crippen LogP contribution in [0.25, 0.3) is 0 Å². The van der Waals surface area contributed by atoms with Crippen LogP contribution < -0.4 is 15.5 Å². The van der Waals surface area contributed by atoms with Gasteiger partial charge in [-0.25, -0.2) is 4.79 Å². The predicted octanol–water partition coefficient (Wildman–Crippen LogP) is 4.26. The van der Waals surface area contributed by atoms with Crippen LogP contribution in [-0.2, 0) is 10.5 Å². The van der Waals surface area contributed by atoms with Crippen molar-refractivity contribution in [2.24, 2.45) is 0 Å². The molecule has 3 amide bonds. The summed E-state index contributed by atoms with van der Waals surface area (Å²) in [6.45, 7) is 7.43. The summed E-state index contributed by atoms with van der Waals surface area (Å²) in [5.74, 6) is -0.617. The van der Waals surface area contributed by atoms with E-state index in [1.165, 1.54) is 19.3 Å². The standard InChI is InChI=1S/C25H31BrN4O3/c1-17-7-9-20(15-18(17)2)30-24(32)28-22-10-8-19(26)16-21(22)25(30,33)23(31)27-11-6-14-29-12-4-3-5-13-29/h7-10,15-16,33H,3-6,11-14H2,1-2H3,(H,27,31)(H,28,32). The van der Waals surface area contributed by atoms with E-state index in [0.717, 1.165) is 42.1 Å². The molecule has 1 fully saturated rings. The van der Waals surface area contributed by atoms with E-state index in [1.807, 2.05) is 26.0 Å². The molecule has 7 nitrogen and oxygen atoms in total. The smallest absolute Gasteiger partial charge is 0.329 e. The molecule has 33 heavy (non-hydrogen) atoms. The van der Waals surface area contributed by atoms with Gasteiger partial charge in [-0.05, 0) is 94.2 Å². The second-order valence-electron chi connectivity index (χ2n) is 8.91. The molecule has 0 saturated carbocycles. The quantitative estimate of drug-likeness (QED) is 0.503. The van der Waals surface area contributed by atoms with Crippen LogP contribution in [0.2, 0.25) is 0 Å². The van der Waals surface area contributed by atoms with Gasteiger partial charge in [0.25, 0.3) is 11.6 Å². The fraction of sp³-hybridized carbons (Fsp3) is 0.440. The summed E-state index contributed by atoms with van der Waals surface area (Å²) in [5.41, 5.74) is 1.02. The lowest BCUT2D eigenvalue weighted by Gasteiger charge is -2.43. The average Bonchev–Trinajstić information content (AvgIpc) is 2.80. The molecule has 176 valence electrons. The molecular weight excluding hydrogens is 484 g/mol. The number of likely N-dealkylation sites (tertiary alicyclic amines) is 1. The molecule has 1 atom stereocenters. The molecule has 0 spiro atoms. The maximum atomic E-state index is 13.5. The molecule has 2 aliphatic heterocycles. The zero-order valence-corrected chi connectivity index (χ0v) is 20.7. The Morgan fingerprint density at radius 3 is 2.61 bits per heavy atom. The minimum atomic E-state index is -2.19. The topological polar surface area (TPSA) is 84.9 Å². The number of urea groups is 1. The Hall–Kier alpha value is -2.42. The van der Waals surface area contributed by atoms with Gasteiger partial charge in [-0.2, -0.15) is 0 Å². The first-order chi connectivity index (χ1) is 15.8. The van der Waals surface area contributed by atoms with Crippen LogP contribution in [0.4, 0.5) is 16.2 Å². The van der Waals surface area contributed by atoms with Crippen LogP contribution in [0.15, 0.2) is 40.9 Å². The third-order valence-corrected chi connectivity index (χ3v) is 7.07. The molecule has 2 heterocycles. The number of aliphatic hydroxyl groups is 1. The monoisotopic (exact) mass is 514 g/mol. The van der Waals surface area contributed by atoms with Gasteiger partial charge in [0.15, 0.2) is 0 Å². The molecule has 2 aromatic rings. The third kappa shape index (κ3) is 4.78. The Balaban J connectivity index is 1.62. The van der Waals surface area contributed by atoms with E-state index in [1.54, 1.807) is 24.3 Å². The van der Waals surface area contributed by atoms with Gasteiger partial charge in [0, 0.05) is 22.3 Å². The number of aryl methyl sites for hydroxylation is 2. The van der Waals surface area contributed by atoms with E-state index in [0.29, 0.717) is 28.0 Å². The molecule has 0 bridgehead atoms. The lowest BCUT2D eigenvalue weighted by molar-refractivity contribution is -0.140. The second kappa shape index (κ2) is 9.83. The number of anilines is 2. The Labute approximate surface area is 203 Å². The number of amides is 3. The molecule has 3 N–H and O–H groups in total. The number of hydrogen-bond acceptors (Lipinski definition) is 4. The van der Waals surface area contributed by atoms with Crippen LogP contribution >= 0.6 is 15.9 Å². The van der Waals surface area contributed by atoms with E-state index in [2.05, 4.69) is 31.5 Å². The van der Waals surface area contributed by atoms with Gasteiger partial charge in [-0.1, -0.05) is 28.4 Å². The van der Waals surface area contributed by atoms with Gasteiger partial charge in [0.05, 0.1) is 5.69 Å².